The Hall–Kier alpha value is -0.890. The molecule has 1 aliphatic carbocycles. The van der Waals surface area contributed by atoms with Gasteiger partial charge in [0.05, 0.1) is 10.7 Å². The zero-order chi connectivity index (χ0) is 11.1. The summed E-state index contributed by atoms with van der Waals surface area (Å²) in [5.74, 6) is 1.79. The van der Waals surface area contributed by atoms with Crippen molar-refractivity contribution in [1.29, 1.82) is 0 Å². The molecule has 1 aromatic rings. The van der Waals surface area contributed by atoms with E-state index in [1.54, 1.807) is 0 Å². The highest BCUT2D eigenvalue weighted by Gasteiger charge is 2.36. The second kappa shape index (κ2) is 3.85. The SMILES string of the molecule is Nc1ccc(N2CC3CCCC3C2)c(Cl)c1. The first-order valence-electron chi connectivity index (χ1n) is 6.04. The van der Waals surface area contributed by atoms with Gasteiger partial charge in [-0.05, 0) is 42.9 Å². The summed E-state index contributed by atoms with van der Waals surface area (Å²) < 4.78 is 0. The van der Waals surface area contributed by atoms with Crippen LogP contribution < -0.4 is 10.6 Å². The molecule has 1 saturated heterocycles. The van der Waals surface area contributed by atoms with Crippen LogP contribution in [-0.4, -0.2) is 13.1 Å². The lowest BCUT2D eigenvalue weighted by molar-refractivity contribution is 0.494. The summed E-state index contributed by atoms with van der Waals surface area (Å²) in [5, 5.41) is 0.792. The van der Waals surface area contributed by atoms with E-state index in [1.165, 1.54) is 32.4 Å². The number of anilines is 2. The average Bonchev–Trinajstić information content (AvgIpc) is 2.76. The van der Waals surface area contributed by atoms with E-state index in [0.717, 1.165) is 28.2 Å². The largest absolute Gasteiger partial charge is 0.399 e. The Morgan fingerprint density at radius 3 is 2.50 bits per heavy atom. The summed E-state index contributed by atoms with van der Waals surface area (Å²) in [4.78, 5) is 2.43. The van der Waals surface area contributed by atoms with Crippen LogP contribution in [0.1, 0.15) is 19.3 Å². The van der Waals surface area contributed by atoms with Gasteiger partial charge < -0.3 is 10.6 Å². The summed E-state index contributed by atoms with van der Waals surface area (Å²) in [6, 6.07) is 5.85. The molecule has 2 aliphatic rings. The van der Waals surface area contributed by atoms with Gasteiger partial charge in [0.2, 0.25) is 0 Å². The molecule has 86 valence electrons. The molecule has 2 atom stereocenters. The summed E-state index contributed by atoms with van der Waals surface area (Å²) in [6.45, 7) is 2.35. The Morgan fingerprint density at radius 2 is 1.88 bits per heavy atom. The summed E-state index contributed by atoms with van der Waals surface area (Å²) in [6.07, 6.45) is 4.21. The Morgan fingerprint density at radius 1 is 1.19 bits per heavy atom. The molecule has 1 saturated carbocycles. The van der Waals surface area contributed by atoms with Crippen molar-refractivity contribution in [1.82, 2.24) is 0 Å². The predicted molar refractivity (Wildman–Crippen MR) is 68.9 cm³/mol. The van der Waals surface area contributed by atoms with E-state index in [9.17, 15) is 0 Å². The van der Waals surface area contributed by atoms with E-state index in [-0.39, 0.29) is 0 Å². The molecule has 3 rings (SSSR count). The average molecular weight is 237 g/mol. The highest BCUT2D eigenvalue weighted by atomic mass is 35.5. The third-order valence-electron chi connectivity index (χ3n) is 4.04. The second-order valence-electron chi connectivity index (χ2n) is 5.07. The zero-order valence-corrected chi connectivity index (χ0v) is 10.1. The predicted octanol–water partition coefficient (Wildman–Crippen LogP) is 3.16. The Labute approximate surface area is 101 Å². The molecular formula is C13H17ClN2. The second-order valence-corrected chi connectivity index (χ2v) is 5.47. The number of nitrogens with two attached hydrogens (primary N) is 1. The van der Waals surface area contributed by atoms with Crippen molar-refractivity contribution in [3.8, 4) is 0 Å². The lowest BCUT2D eigenvalue weighted by atomic mass is 10.0. The van der Waals surface area contributed by atoms with Crippen LogP contribution in [0, 0.1) is 11.8 Å². The van der Waals surface area contributed by atoms with Gasteiger partial charge in [-0.2, -0.15) is 0 Å². The third kappa shape index (κ3) is 1.65. The smallest absolute Gasteiger partial charge is 0.0660 e. The number of nitrogen functional groups attached to an aromatic ring is 1. The first-order chi connectivity index (χ1) is 7.74. The molecule has 0 spiro atoms. The fourth-order valence-corrected chi connectivity index (χ4v) is 3.52. The van der Waals surface area contributed by atoms with Crippen LogP contribution in [-0.2, 0) is 0 Å². The van der Waals surface area contributed by atoms with Crippen molar-refractivity contribution < 1.29 is 0 Å². The number of benzene rings is 1. The van der Waals surface area contributed by atoms with Gasteiger partial charge in [-0.3, -0.25) is 0 Å². The van der Waals surface area contributed by atoms with Crippen LogP contribution >= 0.6 is 11.6 Å². The Balaban J connectivity index is 1.83. The van der Waals surface area contributed by atoms with Crippen molar-refractivity contribution >= 4 is 23.0 Å². The van der Waals surface area contributed by atoms with Crippen molar-refractivity contribution in [2.45, 2.75) is 19.3 Å². The molecule has 2 N–H and O–H groups in total. The van der Waals surface area contributed by atoms with Gasteiger partial charge in [-0.15, -0.1) is 0 Å². The standard InChI is InChI=1S/C13H17ClN2/c14-12-6-11(15)4-5-13(12)16-7-9-2-1-3-10(9)8-16/h4-6,9-10H,1-3,7-8,15H2. The van der Waals surface area contributed by atoms with E-state index >= 15 is 0 Å². The van der Waals surface area contributed by atoms with Crippen LogP contribution in [0.15, 0.2) is 18.2 Å². The molecule has 0 amide bonds. The number of halogens is 1. The van der Waals surface area contributed by atoms with Gasteiger partial charge in [0.25, 0.3) is 0 Å². The normalized spacial score (nSPS) is 28.4. The molecule has 0 aromatic heterocycles. The van der Waals surface area contributed by atoms with Crippen LogP contribution in [0.25, 0.3) is 0 Å². The van der Waals surface area contributed by atoms with Gasteiger partial charge in [-0.25, -0.2) is 0 Å². The van der Waals surface area contributed by atoms with E-state index in [4.69, 9.17) is 17.3 Å². The molecule has 2 fully saturated rings. The molecule has 16 heavy (non-hydrogen) atoms. The van der Waals surface area contributed by atoms with Gasteiger partial charge in [0.1, 0.15) is 0 Å². The van der Waals surface area contributed by atoms with Gasteiger partial charge in [-0.1, -0.05) is 18.0 Å². The lowest BCUT2D eigenvalue weighted by Gasteiger charge is -2.21. The summed E-state index contributed by atoms with van der Waals surface area (Å²) in [5.41, 5.74) is 7.62. The molecule has 1 aromatic carbocycles. The minimum absolute atomic E-state index is 0.744. The van der Waals surface area contributed by atoms with Crippen LogP contribution in [0.4, 0.5) is 11.4 Å². The van der Waals surface area contributed by atoms with Gasteiger partial charge in [0, 0.05) is 18.8 Å². The highest BCUT2D eigenvalue weighted by molar-refractivity contribution is 6.33. The lowest BCUT2D eigenvalue weighted by Crippen LogP contribution is -2.20. The van der Waals surface area contributed by atoms with Crippen LogP contribution in [0.2, 0.25) is 5.02 Å². The number of hydrogen-bond donors (Lipinski definition) is 1. The number of rotatable bonds is 1. The number of hydrogen-bond acceptors (Lipinski definition) is 2. The quantitative estimate of drug-likeness (QED) is 0.759. The Kier molecular flexibility index (Phi) is 2.47. The highest BCUT2D eigenvalue weighted by Crippen LogP contribution is 2.41. The first kappa shape index (κ1) is 10.3. The van der Waals surface area contributed by atoms with Crippen molar-refractivity contribution in [2.75, 3.05) is 23.7 Å². The number of nitrogens with zero attached hydrogens (tertiary/aromatic N) is 1. The molecule has 2 nitrogen and oxygen atoms in total. The molecule has 3 heteroatoms. The van der Waals surface area contributed by atoms with Crippen LogP contribution in [0.5, 0.6) is 0 Å². The fourth-order valence-electron chi connectivity index (χ4n) is 3.21. The third-order valence-corrected chi connectivity index (χ3v) is 4.34. The molecule has 1 aliphatic heterocycles. The maximum Gasteiger partial charge on any atom is 0.0660 e. The van der Waals surface area contributed by atoms with Crippen molar-refractivity contribution in [2.24, 2.45) is 11.8 Å². The maximum absolute atomic E-state index is 6.24. The zero-order valence-electron chi connectivity index (χ0n) is 9.32. The molecular weight excluding hydrogens is 220 g/mol. The van der Waals surface area contributed by atoms with Gasteiger partial charge in [0.15, 0.2) is 0 Å². The van der Waals surface area contributed by atoms with E-state index in [1.807, 2.05) is 12.1 Å². The molecule has 1 heterocycles. The maximum atomic E-state index is 6.24. The van der Waals surface area contributed by atoms with E-state index in [0.29, 0.717) is 0 Å². The number of fused-ring (bicyclic) bond motifs is 1. The first-order valence-corrected chi connectivity index (χ1v) is 6.42. The van der Waals surface area contributed by atoms with Crippen molar-refractivity contribution in [3.63, 3.8) is 0 Å². The van der Waals surface area contributed by atoms with E-state index in [2.05, 4.69) is 11.0 Å². The molecule has 0 bridgehead atoms. The molecule has 2 unspecified atom stereocenters. The Bertz CT molecular complexity index is 393. The van der Waals surface area contributed by atoms with Crippen molar-refractivity contribution in [3.05, 3.63) is 23.2 Å². The van der Waals surface area contributed by atoms with Crippen LogP contribution in [0.3, 0.4) is 0 Å². The van der Waals surface area contributed by atoms with Gasteiger partial charge >= 0.3 is 0 Å². The monoisotopic (exact) mass is 236 g/mol. The fraction of sp³-hybridized carbons (Fsp3) is 0.538. The summed E-state index contributed by atoms with van der Waals surface area (Å²) >= 11 is 6.24. The minimum Gasteiger partial charge on any atom is -0.399 e. The minimum atomic E-state index is 0.744. The molecule has 0 radical (unpaired) electrons. The van der Waals surface area contributed by atoms with E-state index < -0.39 is 0 Å². The summed E-state index contributed by atoms with van der Waals surface area (Å²) in [7, 11) is 0. The topological polar surface area (TPSA) is 29.3 Å².